The van der Waals surface area contributed by atoms with Gasteiger partial charge in [-0.15, -0.1) is 0 Å². The number of nitrogens with two attached hydrogens (primary N) is 1. The molecular weight excluding hydrogens is 198 g/mol. The fourth-order valence-corrected chi connectivity index (χ4v) is 1.66. The third-order valence-corrected chi connectivity index (χ3v) is 3.05. The largest absolute Gasteiger partial charge is 0.396 e. The highest BCUT2D eigenvalue weighted by atomic mass is 16.2. The molecule has 1 rings (SSSR count). The SMILES string of the molecule is CC(C)(C)C(N)Cc1ccccc1CCO. The van der Waals surface area contributed by atoms with Crippen molar-refractivity contribution in [2.24, 2.45) is 11.1 Å². The second-order valence-corrected chi connectivity index (χ2v) is 5.42. The molecule has 0 saturated carbocycles. The number of aliphatic hydroxyl groups excluding tert-OH is 1. The molecule has 2 heteroatoms. The van der Waals surface area contributed by atoms with Crippen molar-refractivity contribution in [3.63, 3.8) is 0 Å². The van der Waals surface area contributed by atoms with Crippen LogP contribution in [0, 0.1) is 5.41 Å². The lowest BCUT2D eigenvalue weighted by Gasteiger charge is -2.27. The maximum Gasteiger partial charge on any atom is 0.0471 e. The van der Waals surface area contributed by atoms with Crippen LogP contribution in [-0.4, -0.2) is 17.8 Å². The van der Waals surface area contributed by atoms with Gasteiger partial charge in [0.25, 0.3) is 0 Å². The van der Waals surface area contributed by atoms with Gasteiger partial charge in [-0.2, -0.15) is 0 Å². The summed E-state index contributed by atoms with van der Waals surface area (Å²) in [5.41, 5.74) is 8.78. The van der Waals surface area contributed by atoms with E-state index in [2.05, 4.69) is 32.9 Å². The minimum absolute atomic E-state index is 0.117. The molecule has 3 N–H and O–H groups in total. The molecule has 0 aliphatic rings. The van der Waals surface area contributed by atoms with Gasteiger partial charge in [0, 0.05) is 12.6 Å². The van der Waals surface area contributed by atoms with Crippen LogP contribution >= 0.6 is 0 Å². The van der Waals surface area contributed by atoms with Gasteiger partial charge in [0.15, 0.2) is 0 Å². The number of benzene rings is 1. The molecule has 1 aromatic rings. The zero-order valence-electron chi connectivity index (χ0n) is 10.5. The van der Waals surface area contributed by atoms with Crippen LogP contribution < -0.4 is 5.73 Å². The van der Waals surface area contributed by atoms with Gasteiger partial charge in [-0.05, 0) is 29.4 Å². The van der Waals surface area contributed by atoms with E-state index in [1.165, 1.54) is 11.1 Å². The molecule has 0 spiro atoms. The highest BCUT2D eigenvalue weighted by molar-refractivity contribution is 5.28. The van der Waals surface area contributed by atoms with Crippen LogP contribution in [0.25, 0.3) is 0 Å². The molecule has 1 atom stereocenters. The molecule has 0 radical (unpaired) electrons. The van der Waals surface area contributed by atoms with Crippen molar-refractivity contribution in [3.8, 4) is 0 Å². The van der Waals surface area contributed by atoms with Gasteiger partial charge in [-0.25, -0.2) is 0 Å². The van der Waals surface area contributed by atoms with Crippen LogP contribution in [0.1, 0.15) is 31.9 Å². The highest BCUT2D eigenvalue weighted by Crippen LogP contribution is 2.22. The number of aliphatic hydroxyl groups is 1. The second kappa shape index (κ2) is 5.46. The molecule has 16 heavy (non-hydrogen) atoms. The van der Waals surface area contributed by atoms with E-state index >= 15 is 0 Å². The minimum atomic E-state index is 0.117. The molecule has 1 aromatic carbocycles. The summed E-state index contributed by atoms with van der Waals surface area (Å²) in [6.45, 7) is 6.67. The summed E-state index contributed by atoms with van der Waals surface area (Å²) in [4.78, 5) is 0. The Morgan fingerprint density at radius 1 is 1.19 bits per heavy atom. The number of hydrogen-bond donors (Lipinski definition) is 2. The van der Waals surface area contributed by atoms with E-state index in [-0.39, 0.29) is 18.1 Å². The summed E-state index contributed by atoms with van der Waals surface area (Å²) in [5.74, 6) is 0. The third-order valence-electron chi connectivity index (χ3n) is 3.05. The Labute approximate surface area is 98.5 Å². The van der Waals surface area contributed by atoms with Crippen LogP contribution in [0.3, 0.4) is 0 Å². The van der Waals surface area contributed by atoms with Crippen molar-refractivity contribution in [3.05, 3.63) is 35.4 Å². The van der Waals surface area contributed by atoms with E-state index in [4.69, 9.17) is 10.8 Å². The van der Waals surface area contributed by atoms with E-state index < -0.39 is 0 Å². The Hall–Kier alpha value is -0.860. The Balaban J connectivity index is 2.80. The van der Waals surface area contributed by atoms with Gasteiger partial charge >= 0.3 is 0 Å². The standard InChI is InChI=1S/C14H23NO/c1-14(2,3)13(15)10-12-7-5-4-6-11(12)8-9-16/h4-7,13,16H,8-10,15H2,1-3H3. The smallest absolute Gasteiger partial charge is 0.0471 e. The second-order valence-electron chi connectivity index (χ2n) is 5.42. The average molecular weight is 221 g/mol. The summed E-state index contributed by atoms with van der Waals surface area (Å²) in [6.07, 6.45) is 1.59. The topological polar surface area (TPSA) is 46.2 Å². The molecule has 1 unspecified atom stereocenters. The van der Waals surface area contributed by atoms with Crippen molar-refractivity contribution < 1.29 is 5.11 Å². The molecule has 2 nitrogen and oxygen atoms in total. The van der Waals surface area contributed by atoms with Gasteiger partial charge in [-0.1, -0.05) is 45.0 Å². The Kier molecular flexibility index (Phi) is 4.51. The first kappa shape index (κ1) is 13.2. The molecule has 0 aliphatic carbocycles. The Morgan fingerprint density at radius 2 is 1.75 bits per heavy atom. The quantitative estimate of drug-likeness (QED) is 0.818. The molecule has 90 valence electrons. The zero-order chi connectivity index (χ0) is 12.2. The van der Waals surface area contributed by atoms with Gasteiger partial charge in [-0.3, -0.25) is 0 Å². The van der Waals surface area contributed by atoms with Gasteiger partial charge in [0.1, 0.15) is 0 Å². The molecule has 0 bridgehead atoms. The summed E-state index contributed by atoms with van der Waals surface area (Å²) < 4.78 is 0. The lowest BCUT2D eigenvalue weighted by Crippen LogP contribution is -2.37. The molecular formula is C14H23NO. The van der Waals surface area contributed by atoms with Gasteiger partial charge in [0.2, 0.25) is 0 Å². The summed E-state index contributed by atoms with van der Waals surface area (Å²) >= 11 is 0. The van der Waals surface area contributed by atoms with Crippen LogP contribution in [0.5, 0.6) is 0 Å². The first-order chi connectivity index (χ1) is 7.45. The van der Waals surface area contributed by atoms with E-state index in [9.17, 15) is 0 Å². The lowest BCUT2D eigenvalue weighted by atomic mass is 9.83. The molecule has 0 heterocycles. The molecule has 0 fully saturated rings. The predicted octanol–water partition coefficient (Wildman–Crippen LogP) is 2.14. The van der Waals surface area contributed by atoms with E-state index in [0.717, 1.165) is 6.42 Å². The zero-order valence-corrected chi connectivity index (χ0v) is 10.5. The normalized spacial score (nSPS) is 13.8. The van der Waals surface area contributed by atoms with Gasteiger partial charge < -0.3 is 10.8 Å². The monoisotopic (exact) mass is 221 g/mol. The van der Waals surface area contributed by atoms with Crippen LogP contribution in [0.2, 0.25) is 0 Å². The fraction of sp³-hybridized carbons (Fsp3) is 0.571. The van der Waals surface area contributed by atoms with Crippen LogP contribution in [-0.2, 0) is 12.8 Å². The number of hydrogen-bond acceptors (Lipinski definition) is 2. The van der Waals surface area contributed by atoms with E-state index in [1.807, 2.05) is 12.1 Å². The van der Waals surface area contributed by atoms with Crippen molar-refractivity contribution in [1.29, 1.82) is 0 Å². The molecule has 0 amide bonds. The Bertz CT molecular complexity index is 328. The van der Waals surface area contributed by atoms with Crippen LogP contribution in [0.15, 0.2) is 24.3 Å². The predicted molar refractivity (Wildman–Crippen MR) is 68.4 cm³/mol. The summed E-state index contributed by atoms with van der Waals surface area (Å²) in [5, 5.41) is 9.01. The van der Waals surface area contributed by atoms with Crippen LogP contribution in [0.4, 0.5) is 0 Å². The highest BCUT2D eigenvalue weighted by Gasteiger charge is 2.21. The Morgan fingerprint density at radius 3 is 2.25 bits per heavy atom. The van der Waals surface area contributed by atoms with E-state index in [0.29, 0.717) is 6.42 Å². The average Bonchev–Trinajstić information content (AvgIpc) is 2.20. The fourth-order valence-electron chi connectivity index (χ4n) is 1.66. The summed E-state index contributed by atoms with van der Waals surface area (Å²) in [6, 6.07) is 8.37. The van der Waals surface area contributed by atoms with E-state index in [1.54, 1.807) is 0 Å². The van der Waals surface area contributed by atoms with Crippen molar-refractivity contribution in [2.45, 2.75) is 39.7 Å². The first-order valence-corrected chi connectivity index (χ1v) is 5.88. The molecule has 0 aliphatic heterocycles. The first-order valence-electron chi connectivity index (χ1n) is 5.88. The van der Waals surface area contributed by atoms with Crippen molar-refractivity contribution >= 4 is 0 Å². The molecule has 0 saturated heterocycles. The third kappa shape index (κ3) is 3.62. The maximum atomic E-state index is 9.01. The minimum Gasteiger partial charge on any atom is -0.396 e. The maximum absolute atomic E-state index is 9.01. The molecule has 0 aromatic heterocycles. The lowest BCUT2D eigenvalue weighted by molar-refractivity contribution is 0.297. The summed E-state index contributed by atoms with van der Waals surface area (Å²) in [7, 11) is 0. The number of rotatable bonds is 4. The van der Waals surface area contributed by atoms with Gasteiger partial charge in [0.05, 0.1) is 0 Å². The van der Waals surface area contributed by atoms with Crippen molar-refractivity contribution in [1.82, 2.24) is 0 Å². The van der Waals surface area contributed by atoms with Crippen molar-refractivity contribution in [2.75, 3.05) is 6.61 Å².